The van der Waals surface area contributed by atoms with E-state index < -0.39 is 0 Å². The molecule has 0 saturated heterocycles. The Morgan fingerprint density at radius 2 is 2.14 bits per heavy atom. The zero-order chi connectivity index (χ0) is 10.4. The van der Waals surface area contributed by atoms with Gasteiger partial charge in [-0.3, -0.25) is 0 Å². The van der Waals surface area contributed by atoms with E-state index in [1.807, 2.05) is 19.2 Å². The first kappa shape index (κ1) is 10.9. The van der Waals surface area contributed by atoms with Crippen LogP contribution < -0.4 is 10.6 Å². The first-order valence-corrected chi connectivity index (χ1v) is 5.01. The van der Waals surface area contributed by atoms with Gasteiger partial charge in [0.1, 0.15) is 0 Å². The average molecular weight is 194 g/mol. The Kier molecular flexibility index (Phi) is 4.32. The zero-order valence-corrected chi connectivity index (χ0v) is 8.90. The largest absolute Gasteiger partial charge is 0.358 e. The quantitative estimate of drug-likeness (QED) is 0.764. The van der Waals surface area contributed by atoms with Crippen molar-refractivity contribution in [3.05, 3.63) is 17.8 Å². The zero-order valence-electron chi connectivity index (χ0n) is 8.90. The minimum Gasteiger partial charge on any atom is -0.358 e. The van der Waals surface area contributed by atoms with Crippen LogP contribution in [0.2, 0.25) is 0 Å². The third kappa shape index (κ3) is 2.96. The van der Waals surface area contributed by atoms with Gasteiger partial charge in [-0.25, -0.2) is 0 Å². The molecule has 1 rings (SSSR count). The average Bonchev–Trinajstić information content (AvgIpc) is 2.26. The van der Waals surface area contributed by atoms with Crippen molar-refractivity contribution in [2.24, 2.45) is 5.73 Å². The molecular formula is C10H18N4. The van der Waals surface area contributed by atoms with Crippen LogP contribution in [0.4, 0.5) is 5.82 Å². The van der Waals surface area contributed by atoms with Crippen molar-refractivity contribution in [2.75, 3.05) is 18.5 Å². The van der Waals surface area contributed by atoms with Gasteiger partial charge in [-0.1, -0.05) is 13.3 Å². The third-order valence-corrected chi connectivity index (χ3v) is 2.15. The van der Waals surface area contributed by atoms with Crippen LogP contribution in [0.3, 0.4) is 0 Å². The molecule has 0 spiro atoms. The summed E-state index contributed by atoms with van der Waals surface area (Å²) in [5.74, 6) is 0.913. The fourth-order valence-electron chi connectivity index (χ4n) is 1.18. The smallest absolute Gasteiger partial charge is 0.150 e. The van der Waals surface area contributed by atoms with Crippen molar-refractivity contribution >= 4 is 5.82 Å². The molecule has 1 aromatic rings. The lowest BCUT2D eigenvalue weighted by atomic mass is 10.3. The van der Waals surface area contributed by atoms with E-state index in [-0.39, 0.29) is 0 Å². The predicted molar refractivity (Wildman–Crippen MR) is 58.1 cm³/mol. The van der Waals surface area contributed by atoms with Crippen molar-refractivity contribution in [3.8, 4) is 0 Å². The van der Waals surface area contributed by atoms with Gasteiger partial charge >= 0.3 is 0 Å². The van der Waals surface area contributed by atoms with Crippen molar-refractivity contribution in [1.82, 2.24) is 10.2 Å². The Morgan fingerprint density at radius 3 is 2.64 bits per heavy atom. The molecule has 0 unspecified atom stereocenters. The van der Waals surface area contributed by atoms with E-state index in [0.717, 1.165) is 18.1 Å². The number of rotatable bonds is 5. The summed E-state index contributed by atoms with van der Waals surface area (Å²) >= 11 is 0. The summed E-state index contributed by atoms with van der Waals surface area (Å²) in [4.78, 5) is 2.11. The van der Waals surface area contributed by atoms with Crippen LogP contribution >= 0.6 is 0 Å². The molecule has 0 aliphatic rings. The molecule has 0 fully saturated rings. The summed E-state index contributed by atoms with van der Waals surface area (Å²) < 4.78 is 0. The van der Waals surface area contributed by atoms with Gasteiger partial charge in [0.2, 0.25) is 0 Å². The summed E-state index contributed by atoms with van der Waals surface area (Å²) in [6, 6.07) is 3.88. The topological polar surface area (TPSA) is 55.0 Å². The lowest BCUT2D eigenvalue weighted by molar-refractivity contribution is 0.749. The third-order valence-electron chi connectivity index (χ3n) is 2.15. The Bertz CT molecular complexity index is 257. The van der Waals surface area contributed by atoms with Crippen LogP contribution in [-0.4, -0.2) is 23.8 Å². The number of hydrogen-bond donors (Lipinski definition) is 1. The molecule has 0 aliphatic carbocycles. The highest BCUT2D eigenvalue weighted by Crippen LogP contribution is 2.07. The fraction of sp³-hybridized carbons (Fsp3) is 0.600. The maximum absolute atomic E-state index is 5.44. The second-order valence-electron chi connectivity index (χ2n) is 3.36. The number of anilines is 1. The second kappa shape index (κ2) is 5.54. The Balaban J connectivity index is 2.57. The molecule has 1 aromatic heterocycles. The van der Waals surface area contributed by atoms with Gasteiger partial charge in [-0.2, -0.15) is 5.10 Å². The predicted octanol–water partition coefficient (Wildman–Crippen LogP) is 1.17. The highest BCUT2D eigenvalue weighted by molar-refractivity contribution is 5.35. The first-order valence-electron chi connectivity index (χ1n) is 5.01. The molecular weight excluding hydrogens is 176 g/mol. The van der Waals surface area contributed by atoms with Crippen molar-refractivity contribution in [2.45, 2.75) is 26.3 Å². The molecule has 0 aromatic carbocycles. The van der Waals surface area contributed by atoms with Crippen LogP contribution in [-0.2, 0) is 6.54 Å². The van der Waals surface area contributed by atoms with E-state index >= 15 is 0 Å². The molecule has 0 aliphatic heterocycles. The molecule has 14 heavy (non-hydrogen) atoms. The molecule has 78 valence electrons. The molecule has 2 N–H and O–H groups in total. The summed E-state index contributed by atoms with van der Waals surface area (Å²) in [6.07, 6.45) is 2.37. The number of nitrogens with two attached hydrogens (primary N) is 1. The standard InChI is InChI=1S/C10H18N4/c1-3-4-7-14(2)10-6-5-9(8-11)12-13-10/h5-6H,3-4,7-8,11H2,1-2H3. The van der Waals surface area contributed by atoms with Crippen LogP contribution in [0.15, 0.2) is 12.1 Å². The van der Waals surface area contributed by atoms with Gasteiger partial charge in [0, 0.05) is 20.1 Å². The number of hydrogen-bond acceptors (Lipinski definition) is 4. The van der Waals surface area contributed by atoms with Gasteiger partial charge in [0.15, 0.2) is 5.82 Å². The normalized spacial score (nSPS) is 10.2. The lowest BCUT2D eigenvalue weighted by Gasteiger charge is -2.16. The number of nitrogens with zero attached hydrogens (tertiary/aromatic N) is 3. The fourth-order valence-corrected chi connectivity index (χ4v) is 1.18. The van der Waals surface area contributed by atoms with Gasteiger partial charge in [0.05, 0.1) is 5.69 Å². The van der Waals surface area contributed by atoms with Crippen molar-refractivity contribution in [3.63, 3.8) is 0 Å². The van der Waals surface area contributed by atoms with E-state index in [4.69, 9.17) is 5.73 Å². The highest BCUT2D eigenvalue weighted by atomic mass is 15.2. The lowest BCUT2D eigenvalue weighted by Crippen LogP contribution is -2.20. The minimum atomic E-state index is 0.450. The van der Waals surface area contributed by atoms with Gasteiger partial charge in [-0.15, -0.1) is 5.10 Å². The van der Waals surface area contributed by atoms with E-state index in [1.54, 1.807) is 0 Å². The Hall–Kier alpha value is -1.16. The van der Waals surface area contributed by atoms with E-state index in [9.17, 15) is 0 Å². The van der Waals surface area contributed by atoms with E-state index in [1.165, 1.54) is 12.8 Å². The van der Waals surface area contributed by atoms with Crippen molar-refractivity contribution < 1.29 is 0 Å². The van der Waals surface area contributed by atoms with Crippen LogP contribution in [0.1, 0.15) is 25.5 Å². The van der Waals surface area contributed by atoms with Gasteiger partial charge in [0.25, 0.3) is 0 Å². The molecule has 0 amide bonds. The SMILES string of the molecule is CCCCN(C)c1ccc(CN)nn1. The number of aromatic nitrogens is 2. The van der Waals surface area contributed by atoms with Crippen LogP contribution in [0.5, 0.6) is 0 Å². The van der Waals surface area contributed by atoms with Gasteiger partial charge < -0.3 is 10.6 Å². The Labute approximate surface area is 85.1 Å². The molecule has 0 radical (unpaired) electrons. The van der Waals surface area contributed by atoms with Crippen molar-refractivity contribution in [1.29, 1.82) is 0 Å². The first-order chi connectivity index (χ1) is 6.77. The molecule has 1 heterocycles. The monoisotopic (exact) mass is 194 g/mol. The molecule has 0 saturated carbocycles. The van der Waals surface area contributed by atoms with Crippen LogP contribution in [0, 0.1) is 0 Å². The molecule has 0 atom stereocenters. The van der Waals surface area contributed by atoms with Gasteiger partial charge in [-0.05, 0) is 18.6 Å². The molecule has 0 bridgehead atoms. The van der Waals surface area contributed by atoms with Crippen LogP contribution in [0.25, 0.3) is 0 Å². The molecule has 4 heteroatoms. The summed E-state index contributed by atoms with van der Waals surface area (Å²) in [5.41, 5.74) is 6.27. The Morgan fingerprint density at radius 1 is 1.36 bits per heavy atom. The van der Waals surface area contributed by atoms with E-state index in [2.05, 4.69) is 22.0 Å². The number of unbranched alkanes of at least 4 members (excludes halogenated alkanes) is 1. The summed E-state index contributed by atoms with van der Waals surface area (Å²) in [7, 11) is 2.03. The summed E-state index contributed by atoms with van der Waals surface area (Å²) in [6.45, 7) is 3.65. The minimum absolute atomic E-state index is 0.450. The molecule has 4 nitrogen and oxygen atoms in total. The maximum atomic E-state index is 5.44. The maximum Gasteiger partial charge on any atom is 0.150 e. The highest BCUT2D eigenvalue weighted by Gasteiger charge is 2.01. The van der Waals surface area contributed by atoms with E-state index in [0.29, 0.717) is 6.54 Å². The second-order valence-corrected chi connectivity index (χ2v) is 3.36. The summed E-state index contributed by atoms with van der Waals surface area (Å²) in [5, 5.41) is 8.11.